The molecule has 0 heterocycles. The molecule has 0 bridgehead atoms. The van der Waals surface area contributed by atoms with Gasteiger partial charge in [0.05, 0.1) is 0 Å². The minimum Gasteiger partial charge on any atom is -0.399 e. The van der Waals surface area contributed by atoms with E-state index in [1.165, 1.54) is 0 Å². The lowest BCUT2D eigenvalue weighted by Crippen LogP contribution is -2.00. The smallest absolute Gasteiger partial charge is 0.0353 e. The van der Waals surface area contributed by atoms with Crippen LogP contribution in [0.1, 0.15) is 30.9 Å². The fourth-order valence-corrected chi connectivity index (χ4v) is 1.26. The Morgan fingerprint density at radius 2 is 1.67 bits per heavy atom. The summed E-state index contributed by atoms with van der Waals surface area (Å²) in [4.78, 5) is 0. The molecule has 2 heteroatoms. The van der Waals surface area contributed by atoms with Crippen molar-refractivity contribution in [2.75, 3.05) is 11.5 Å². The minimum atomic E-state index is 0.438. The molecule has 0 unspecified atom stereocenters. The van der Waals surface area contributed by atoms with Gasteiger partial charge in [-0.05, 0) is 36.1 Å². The molecule has 2 nitrogen and oxygen atoms in total. The third-order valence-electron chi connectivity index (χ3n) is 2.09. The summed E-state index contributed by atoms with van der Waals surface area (Å²) in [6, 6.07) is 3.90. The van der Waals surface area contributed by atoms with Crippen molar-refractivity contribution in [1.29, 1.82) is 0 Å². The van der Waals surface area contributed by atoms with Gasteiger partial charge in [-0.15, -0.1) is 0 Å². The monoisotopic (exact) mass is 164 g/mol. The Balaban J connectivity index is 3.23. The molecular weight excluding hydrogens is 148 g/mol. The van der Waals surface area contributed by atoms with E-state index in [1.807, 2.05) is 19.1 Å². The summed E-state index contributed by atoms with van der Waals surface area (Å²) < 4.78 is 0. The van der Waals surface area contributed by atoms with Gasteiger partial charge in [-0.25, -0.2) is 0 Å². The third kappa shape index (κ3) is 1.52. The highest BCUT2D eigenvalue weighted by molar-refractivity contribution is 5.60. The summed E-state index contributed by atoms with van der Waals surface area (Å²) in [6.45, 7) is 6.19. The Morgan fingerprint density at radius 3 is 2.17 bits per heavy atom. The Bertz CT molecular complexity index is 290. The van der Waals surface area contributed by atoms with Crippen molar-refractivity contribution in [3.63, 3.8) is 0 Å². The van der Waals surface area contributed by atoms with Crippen LogP contribution in [0.5, 0.6) is 0 Å². The van der Waals surface area contributed by atoms with E-state index in [-0.39, 0.29) is 0 Å². The Kier molecular flexibility index (Phi) is 2.27. The average Bonchev–Trinajstić information content (AvgIpc) is 1.96. The number of anilines is 2. The maximum atomic E-state index is 5.84. The molecule has 0 amide bonds. The molecule has 0 fully saturated rings. The second kappa shape index (κ2) is 3.05. The van der Waals surface area contributed by atoms with Gasteiger partial charge in [0.15, 0.2) is 0 Å². The number of rotatable bonds is 1. The van der Waals surface area contributed by atoms with Crippen molar-refractivity contribution in [2.45, 2.75) is 26.7 Å². The molecule has 0 saturated carbocycles. The van der Waals surface area contributed by atoms with E-state index in [4.69, 9.17) is 11.5 Å². The van der Waals surface area contributed by atoms with E-state index in [0.29, 0.717) is 5.92 Å². The SMILES string of the molecule is Cc1cc(N)c(C(C)C)cc1N. The van der Waals surface area contributed by atoms with E-state index < -0.39 is 0 Å². The second-order valence-corrected chi connectivity index (χ2v) is 3.49. The molecule has 12 heavy (non-hydrogen) atoms. The minimum absolute atomic E-state index is 0.438. The van der Waals surface area contributed by atoms with Crippen molar-refractivity contribution in [2.24, 2.45) is 0 Å². The Labute approximate surface area is 73.6 Å². The largest absolute Gasteiger partial charge is 0.399 e. The highest BCUT2D eigenvalue weighted by Crippen LogP contribution is 2.26. The summed E-state index contributed by atoms with van der Waals surface area (Å²) in [5, 5.41) is 0. The van der Waals surface area contributed by atoms with Crippen molar-refractivity contribution in [3.8, 4) is 0 Å². The first-order valence-electron chi connectivity index (χ1n) is 4.18. The van der Waals surface area contributed by atoms with Crippen molar-refractivity contribution in [1.82, 2.24) is 0 Å². The van der Waals surface area contributed by atoms with Gasteiger partial charge in [-0.2, -0.15) is 0 Å². The van der Waals surface area contributed by atoms with Crippen LogP contribution in [-0.4, -0.2) is 0 Å². The lowest BCUT2D eigenvalue weighted by Gasteiger charge is -2.11. The van der Waals surface area contributed by atoms with E-state index >= 15 is 0 Å². The number of hydrogen-bond acceptors (Lipinski definition) is 2. The molecule has 0 aliphatic rings. The van der Waals surface area contributed by atoms with Crippen LogP contribution in [0.2, 0.25) is 0 Å². The third-order valence-corrected chi connectivity index (χ3v) is 2.09. The molecule has 0 aromatic heterocycles. The number of hydrogen-bond donors (Lipinski definition) is 2. The molecule has 0 radical (unpaired) electrons. The molecule has 0 atom stereocenters. The molecule has 1 aromatic carbocycles. The number of nitrogen functional groups attached to an aromatic ring is 2. The molecule has 0 aliphatic heterocycles. The van der Waals surface area contributed by atoms with Crippen molar-refractivity contribution >= 4 is 11.4 Å². The molecule has 0 spiro atoms. The molecule has 66 valence electrons. The fourth-order valence-electron chi connectivity index (χ4n) is 1.26. The van der Waals surface area contributed by atoms with E-state index in [2.05, 4.69) is 13.8 Å². The van der Waals surface area contributed by atoms with Crippen LogP contribution in [0.15, 0.2) is 12.1 Å². The molecule has 1 rings (SSSR count). The zero-order valence-electron chi connectivity index (χ0n) is 7.89. The Morgan fingerprint density at radius 1 is 1.08 bits per heavy atom. The van der Waals surface area contributed by atoms with Crippen LogP contribution in [0, 0.1) is 6.92 Å². The van der Waals surface area contributed by atoms with E-state index in [1.54, 1.807) is 0 Å². The fraction of sp³-hybridized carbons (Fsp3) is 0.400. The molecule has 4 N–H and O–H groups in total. The van der Waals surface area contributed by atoms with Crippen LogP contribution in [0.3, 0.4) is 0 Å². The van der Waals surface area contributed by atoms with Gasteiger partial charge in [0.25, 0.3) is 0 Å². The van der Waals surface area contributed by atoms with E-state index in [9.17, 15) is 0 Å². The summed E-state index contributed by atoms with van der Waals surface area (Å²) in [7, 11) is 0. The predicted molar refractivity (Wildman–Crippen MR) is 54.1 cm³/mol. The van der Waals surface area contributed by atoms with Crippen molar-refractivity contribution < 1.29 is 0 Å². The van der Waals surface area contributed by atoms with Crippen LogP contribution in [0.25, 0.3) is 0 Å². The quantitative estimate of drug-likeness (QED) is 0.626. The van der Waals surface area contributed by atoms with Crippen molar-refractivity contribution in [3.05, 3.63) is 23.3 Å². The van der Waals surface area contributed by atoms with Gasteiger partial charge in [-0.1, -0.05) is 13.8 Å². The van der Waals surface area contributed by atoms with Crippen LogP contribution in [0.4, 0.5) is 11.4 Å². The zero-order valence-corrected chi connectivity index (χ0v) is 7.89. The van der Waals surface area contributed by atoms with Crippen LogP contribution < -0.4 is 11.5 Å². The molecule has 1 aromatic rings. The van der Waals surface area contributed by atoms with Crippen LogP contribution in [-0.2, 0) is 0 Å². The van der Waals surface area contributed by atoms with E-state index in [0.717, 1.165) is 22.5 Å². The first-order chi connectivity index (χ1) is 5.52. The van der Waals surface area contributed by atoms with Gasteiger partial charge in [0.1, 0.15) is 0 Å². The number of benzene rings is 1. The van der Waals surface area contributed by atoms with Gasteiger partial charge in [0.2, 0.25) is 0 Å². The normalized spacial score (nSPS) is 10.7. The highest BCUT2D eigenvalue weighted by atomic mass is 14.6. The lowest BCUT2D eigenvalue weighted by atomic mass is 9.98. The predicted octanol–water partition coefficient (Wildman–Crippen LogP) is 2.28. The summed E-state index contributed by atoms with van der Waals surface area (Å²) >= 11 is 0. The molecular formula is C10H16N2. The molecule has 0 aliphatic carbocycles. The zero-order chi connectivity index (χ0) is 9.30. The summed E-state index contributed by atoms with van der Waals surface area (Å²) in [6.07, 6.45) is 0. The van der Waals surface area contributed by atoms with Gasteiger partial charge in [0, 0.05) is 11.4 Å². The topological polar surface area (TPSA) is 52.0 Å². The standard InChI is InChI=1S/C10H16N2/c1-6(2)8-5-9(11)7(3)4-10(8)12/h4-6H,11-12H2,1-3H3. The highest BCUT2D eigenvalue weighted by Gasteiger charge is 2.05. The first-order valence-corrected chi connectivity index (χ1v) is 4.18. The molecule has 0 saturated heterocycles. The number of nitrogens with two attached hydrogens (primary N) is 2. The van der Waals surface area contributed by atoms with Gasteiger partial charge >= 0.3 is 0 Å². The van der Waals surface area contributed by atoms with Crippen LogP contribution >= 0.6 is 0 Å². The van der Waals surface area contributed by atoms with Gasteiger partial charge < -0.3 is 11.5 Å². The summed E-state index contributed by atoms with van der Waals surface area (Å²) in [5.74, 6) is 0.438. The summed E-state index contributed by atoms with van der Waals surface area (Å²) in [5.41, 5.74) is 15.5. The van der Waals surface area contributed by atoms with Gasteiger partial charge in [-0.3, -0.25) is 0 Å². The first kappa shape index (κ1) is 8.91. The second-order valence-electron chi connectivity index (χ2n) is 3.49. The Hall–Kier alpha value is -1.18. The lowest BCUT2D eigenvalue weighted by molar-refractivity contribution is 0.870. The maximum Gasteiger partial charge on any atom is 0.0353 e. The maximum absolute atomic E-state index is 5.84. The average molecular weight is 164 g/mol. The number of aryl methyl sites for hydroxylation is 1.